The predicted octanol–water partition coefficient (Wildman–Crippen LogP) is 2.92. The van der Waals surface area contributed by atoms with Gasteiger partial charge in [0.15, 0.2) is 0 Å². The van der Waals surface area contributed by atoms with Gasteiger partial charge in [0.05, 0.1) is 0 Å². The van der Waals surface area contributed by atoms with E-state index in [2.05, 4.69) is 0 Å². The minimum atomic E-state index is -1.04. The number of nitrogens with zero attached hydrogens (tertiary/aromatic N) is 1. The van der Waals surface area contributed by atoms with Gasteiger partial charge >= 0.3 is 5.97 Å². The minimum Gasteiger partial charge on any atom is -0.478 e. The van der Waals surface area contributed by atoms with E-state index in [0.717, 1.165) is 12.5 Å². The molecule has 1 rings (SSSR count). The first-order valence-electron chi connectivity index (χ1n) is 5.91. The number of carboxylic acid groups (broad SMARTS) is 1. The van der Waals surface area contributed by atoms with Crippen molar-refractivity contribution >= 4 is 29.6 Å². The third-order valence-corrected chi connectivity index (χ3v) is 2.89. The van der Waals surface area contributed by atoms with Gasteiger partial charge < -0.3 is 10.0 Å². The largest absolute Gasteiger partial charge is 0.478 e. The number of hydrogen-bond acceptors (Lipinski definition) is 2. The zero-order valence-electron chi connectivity index (χ0n) is 10.9. The van der Waals surface area contributed by atoms with Crippen LogP contribution in [-0.2, 0) is 4.79 Å². The van der Waals surface area contributed by atoms with E-state index in [1.807, 2.05) is 6.92 Å². The standard InChI is InChI=1S/C14H16ClNO3/c1-3-8-16(2)14(19)11-5-4-10(12(15)9-11)6-7-13(17)18/h4-7,9H,3,8H2,1-2H3,(H,17,18)/b7-6+. The van der Waals surface area contributed by atoms with Crippen molar-refractivity contribution in [2.45, 2.75) is 13.3 Å². The Morgan fingerprint density at radius 1 is 1.42 bits per heavy atom. The Kier molecular flexibility index (Phi) is 5.57. The minimum absolute atomic E-state index is 0.0995. The zero-order valence-corrected chi connectivity index (χ0v) is 11.6. The third kappa shape index (κ3) is 4.41. The molecule has 0 fully saturated rings. The first-order valence-corrected chi connectivity index (χ1v) is 6.29. The molecule has 0 saturated carbocycles. The molecule has 102 valence electrons. The molecule has 0 bridgehead atoms. The van der Waals surface area contributed by atoms with Crippen molar-refractivity contribution in [1.82, 2.24) is 4.90 Å². The lowest BCUT2D eigenvalue weighted by atomic mass is 10.1. The number of carboxylic acids is 1. The molecule has 0 spiro atoms. The molecule has 0 aliphatic rings. The average Bonchev–Trinajstić information content (AvgIpc) is 2.36. The van der Waals surface area contributed by atoms with Crippen molar-refractivity contribution in [3.8, 4) is 0 Å². The summed E-state index contributed by atoms with van der Waals surface area (Å²) in [6, 6.07) is 4.83. The van der Waals surface area contributed by atoms with Crippen LogP contribution in [0.1, 0.15) is 29.3 Å². The van der Waals surface area contributed by atoms with Crippen molar-refractivity contribution in [3.63, 3.8) is 0 Å². The van der Waals surface area contributed by atoms with Gasteiger partial charge in [-0.15, -0.1) is 0 Å². The molecular formula is C14H16ClNO3. The lowest BCUT2D eigenvalue weighted by Crippen LogP contribution is -2.27. The second kappa shape index (κ2) is 6.95. The molecule has 4 nitrogen and oxygen atoms in total. The van der Waals surface area contributed by atoms with E-state index in [1.165, 1.54) is 6.08 Å². The van der Waals surface area contributed by atoms with Gasteiger partial charge in [-0.05, 0) is 30.2 Å². The summed E-state index contributed by atoms with van der Waals surface area (Å²) < 4.78 is 0. The van der Waals surface area contributed by atoms with Crippen LogP contribution in [0.5, 0.6) is 0 Å². The van der Waals surface area contributed by atoms with Crippen LogP contribution in [0.4, 0.5) is 0 Å². The summed E-state index contributed by atoms with van der Waals surface area (Å²) in [7, 11) is 1.73. The fourth-order valence-electron chi connectivity index (χ4n) is 1.61. The molecule has 0 unspecified atom stereocenters. The van der Waals surface area contributed by atoms with Gasteiger partial charge in [0, 0.05) is 30.3 Å². The average molecular weight is 282 g/mol. The molecule has 1 amide bonds. The maximum absolute atomic E-state index is 12.0. The van der Waals surface area contributed by atoms with E-state index < -0.39 is 5.97 Å². The second-order valence-corrected chi connectivity index (χ2v) is 4.54. The highest BCUT2D eigenvalue weighted by atomic mass is 35.5. The Balaban J connectivity index is 2.93. The van der Waals surface area contributed by atoms with E-state index in [0.29, 0.717) is 22.7 Å². The molecular weight excluding hydrogens is 266 g/mol. The van der Waals surface area contributed by atoms with Crippen molar-refractivity contribution in [2.75, 3.05) is 13.6 Å². The van der Waals surface area contributed by atoms with E-state index in [9.17, 15) is 9.59 Å². The quantitative estimate of drug-likeness (QED) is 0.844. The number of benzene rings is 1. The fraction of sp³-hybridized carbons (Fsp3) is 0.286. The number of amides is 1. The number of aliphatic carboxylic acids is 1. The van der Waals surface area contributed by atoms with Crippen LogP contribution in [0.25, 0.3) is 6.08 Å². The molecule has 0 aromatic heterocycles. The fourth-order valence-corrected chi connectivity index (χ4v) is 1.86. The molecule has 0 atom stereocenters. The molecule has 0 aliphatic carbocycles. The van der Waals surface area contributed by atoms with E-state index in [-0.39, 0.29) is 5.91 Å². The van der Waals surface area contributed by atoms with E-state index in [1.54, 1.807) is 30.1 Å². The molecule has 0 aliphatic heterocycles. The maximum Gasteiger partial charge on any atom is 0.328 e. The topological polar surface area (TPSA) is 57.6 Å². The van der Waals surface area contributed by atoms with Crippen LogP contribution in [0.2, 0.25) is 5.02 Å². The first-order chi connectivity index (χ1) is 8.95. The summed E-state index contributed by atoms with van der Waals surface area (Å²) in [4.78, 5) is 24.1. The summed E-state index contributed by atoms with van der Waals surface area (Å²) >= 11 is 6.02. The van der Waals surface area contributed by atoms with Gasteiger partial charge in [0.2, 0.25) is 0 Å². The van der Waals surface area contributed by atoms with Gasteiger partial charge in [-0.1, -0.05) is 24.6 Å². The highest BCUT2D eigenvalue weighted by Gasteiger charge is 2.12. The zero-order chi connectivity index (χ0) is 14.4. The Hall–Kier alpha value is -1.81. The number of rotatable bonds is 5. The number of hydrogen-bond donors (Lipinski definition) is 1. The smallest absolute Gasteiger partial charge is 0.328 e. The highest BCUT2D eigenvalue weighted by molar-refractivity contribution is 6.32. The summed E-state index contributed by atoms with van der Waals surface area (Å²) in [5.41, 5.74) is 1.06. The van der Waals surface area contributed by atoms with Crippen LogP contribution in [0, 0.1) is 0 Å². The van der Waals surface area contributed by atoms with Crippen LogP contribution in [0.3, 0.4) is 0 Å². The number of carbonyl (C=O) groups excluding carboxylic acids is 1. The van der Waals surface area contributed by atoms with Crippen molar-refractivity contribution in [1.29, 1.82) is 0 Å². The van der Waals surface area contributed by atoms with Crippen LogP contribution in [0.15, 0.2) is 24.3 Å². The Bertz CT molecular complexity index is 511. The lowest BCUT2D eigenvalue weighted by Gasteiger charge is -2.16. The number of halogens is 1. The monoisotopic (exact) mass is 281 g/mol. The molecule has 1 N–H and O–H groups in total. The van der Waals surface area contributed by atoms with E-state index in [4.69, 9.17) is 16.7 Å². The van der Waals surface area contributed by atoms with Gasteiger partial charge in [-0.25, -0.2) is 4.79 Å². The molecule has 5 heteroatoms. The summed E-state index contributed by atoms with van der Waals surface area (Å²) in [6.45, 7) is 2.67. The van der Waals surface area contributed by atoms with Crippen LogP contribution >= 0.6 is 11.6 Å². The Morgan fingerprint density at radius 3 is 2.63 bits per heavy atom. The number of carbonyl (C=O) groups is 2. The van der Waals surface area contributed by atoms with Gasteiger partial charge in [0.25, 0.3) is 5.91 Å². The highest BCUT2D eigenvalue weighted by Crippen LogP contribution is 2.20. The van der Waals surface area contributed by atoms with Gasteiger partial charge in [-0.3, -0.25) is 4.79 Å². The second-order valence-electron chi connectivity index (χ2n) is 4.13. The third-order valence-electron chi connectivity index (χ3n) is 2.56. The molecule has 0 radical (unpaired) electrons. The molecule has 1 aromatic rings. The normalized spacial score (nSPS) is 10.7. The van der Waals surface area contributed by atoms with E-state index >= 15 is 0 Å². The summed E-state index contributed by atoms with van der Waals surface area (Å²) in [5, 5.41) is 8.90. The maximum atomic E-state index is 12.0. The van der Waals surface area contributed by atoms with Gasteiger partial charge in [0.1, 0.15) is 0 Å². The lowest BCUT2D eigenvalue weighted by molar-refractivity contribution is -0.131. The first kappa shape index (κ1) is 15.2. The predicted molar refractivity (Wildman–Crippen MR) is 75.4 cm³/mol. The van der Waals surface area contributed by atoms with Gasteiger partial charge in [-0.2, -0.15) is 0 Å². The summed E-state index contributed by atoms with van der Waals surface area (Å²) in [6.07, 6.45) is 3.29. The van der Waals surface area contributed by atoms with Crippen molar-refractivity contribution in [3.05, 3.63) is 40.4 Å². The molecule has 0 saturated heterocycles. The molecule has 1 aromatic carbocycles. The molecule has 19 heavy (non-hydrogen) atoms. The Morgan fingerprint density at radius 2 is 2.11 bits per heavy atom. The van der Waals surface area contributed by atoms with Crippen molar-refractivity contribution < 1.29 is 14.7 Å². The van der Waals surface area contributed by atoms with Crippen LogP contribution < -0.4 is 0 Å². The Labute approximate surface area is 117 Å². The SMILES string of the molecule is CCCN(C)C(=O)c1ccc(/C=C/C(=O)O)c(Cl)c1. The van der Waals surface area contributed by atoms with Crippen molar-refractivity contribution in [2.24, 2.45) is 0 Å². The molecule has 0 heterocycles. The summed E-state index contributed by atoms with van der Waals surface area (Å²) in [5.74, 6) is -1.14. The van der Waals surface area contributed by atoms with Crippen LogP contribution in [-0.4, -0.2) is 35.5 Å².